The number of hydrogen-bond donors (Lipinski definition) is 3. The molecule has 170 valence electrons. The number of ether oxygens (including phenoxy) is 1. The van der Waals surface area contributed by atoms with Crippen LogP contribution >= 0.6 is 0 Å². The number of carbonyl (C=O) groups excluding carboxylic acids is 2. The van der Waals surface area contributed by atoms with Gasteiger partial charge in [-0.2, -0.15) is 5.10 Å². The maximum absolute atomic E-state index is 12.6. The molecule has 0 saturated heterocycles. The highest BCUT2D eigenvalue weighted by Gasteiger charge is 2.29. The smallest absolute Gasteiger partial charge is 0.412 e. The zero-order valence-corrected chi connectivity index (χ0v) is 18.2. The predicted octanol–water partition coefficient (Wildman–Crippen LogP) is 3.37. The zero-order valence-electron chi connectivity index (χ0n) is 18.2. The Labute approximate surface area is 190 Å². The van der Waals surface area contributed by atoms with Gasteiger partial charge in [0.25, 0.3) is 5.91 Å². The molecule has 3 aromatic rings. The number of nitrogens with one attached hydrogen (secondary N) is 2. The number of anilines is 1. The number of hydrogen-bond acceptors (Lipinski definition) is 5. The predicted molar refractivity (Wildman–Crippen MR) is 121 cm³/mol. The number of aromatic nitrogens is 2. The lowest BCUT2D eigenvalue weighted by Gasteiger charge is -2.15. The van der Waals surface area contributed by atoms with E-state index in [-0.39, 0.29) is 30.3 Å². The molecule has 0 saturated carbocycles. The largest absolute Gasteiger partial charge is 0.481 e. The third-order valence-electron chi connectivity index (χ3n) is 5.61. The minimum Gasteiger partial charge on any atom is -0.481 e. The summed E-state index contributed by atoms with van der Waals surface area (Å²) in [6, 6.07) is 15.5. The van der Waals surface area contributed by atoms with E-state index in [1.165, 1.54) is 10.9 Å². The van der Waals surface area contributed by atoms with Crippen molar-refractivity contribution in [1.82, 2.24) is 15.1 Å². The molecule has 2 aromatic carbocycles. The Morgan fingerprint density at radius 3 is 2.30 bits per heavy atom. The van der Waals surface area contributed by atoms with E-state index in [1.807, 2.05) is 36.4 Å². The van der Waals surface area contributed by atoms with Crippen LogP contribution in [0.5, 0.6) is 0 Å². The van der Waals surface area contributed by atoms with Crippen LogP contribution in [0.1, 0.15) is 40.7 Å². The molecule has 3 N–H and O–H groups in total. The summed E-state index contributed by atoms with van der Waals surface area (Å²) in [6.45, 7) is 1.72. The Morgan fingerprint density at radius 1 is 1.09 bits per heavy atom. The van der Waals surface area contributed by atoms with Crippen LogP contribution in [0, 0.1) is 0 Å². The average molecular weight is 448 g/mol. The molecule has 1 aliphatic carbocycles. The summed E-state index contributed by atoms with van der Waals surface area (Å²) in [5.41, 5.74) is 4.56. The molecule has 1 heterocycles. The SMILES string of the molecule is C[C@@H](CC(=O)O)NC(=O)c1cnn(C)c1NC(=O)OCC1c2ccccc2-c2ccccc21. The van der Waals surface area contributed by atoms with Gasteiger partial charge in [-0.3, -0.25) is 19.6 Å². The van der Waals surface area contributed by atoms with Crippen molar-refractivity contribution in [1.29, 1.82) is 0 Å². The Kier molecular flexibility index (Phi) is 6.12. The highest BCUT2D eigenvalue weighted by Crippen LogP contribution is 2.44. The van der Waals surface area contributed by atoms with E-state index in [0.717, 1.165) is 22.3 Å². The molecule has 1 aromatic heterocycles. The van der Waals surface area contributed by atoms with Crippen molar-refractivity contribution in [3.05, 3.63) is 71.4 Å². The first-order chi connectivity index (χ1) is 15.8. The zero-order chi connectivity index (χ0) is 23.5. The lowest BCUT2D eigenvalue weighted by atomic mass is 9.98. The number of benzene rings is 2. The Morgan fingerprint density at radius 2 is 1.70 bits per heavy atom. The lowest BCUT2D eigenvalue weighted by Crippen LogP contribution is -2.34. The monoisotopic (exact) mass is 448 g/mol. The van der Waals surface area contributed by atoms with Crippen molar-refractivity contribution in [3.63, 3.8) is 0 Å². The molecule has 33 heavy (non-hydrogen) atoms. The van der Waals surface area contributed by atoms with Crippen molar-refractivity contribution >= 4 is 23.8 Å². The summed E-state index contributed by atoms with van der Waals surface area (Å²) >= 11 is 0. The number of carboxylic acids is 1. The van der Waals surface area contributed by atoms with Gasteiger partial charge in [-0.05, 0) is 29.2 Å². The fourth-order valence-electron chi connectivity index (χ4n) is 4.10. The number of aryl methyl sites for hydroxylation is 1. The molecule has 0 aliphatic heterocycles. The molecular weight excluding hydrogens is 424 g/mol. The van der Waals surface area contributed by atoms with E-state index in [2.05, 4.69) is 27.9 Å². The fraction of sp³-hybridized carbons (Fsp3) is 0.250. The van der Waals surface area contributed by atoms with Crippen LogP contribution in [0.3, 0.4) is 0 Å². The second-order valence-electron chi connectivity index (χ2n) is 7.95. The number of rotatable bonds is 7. The summed E-state index contributed by atoms with van der Waals surface area (Å²) in [7, 11) is 1.58. The molecule has 0 spiro atoms. The normalized spacial score (nSPS) is 13.0. The molecule has 9 nitrogen and oxygen atoms in total. The third kappa shape index (κ3) is 4.57. The molecule has 9 heteroatoms. The van der Waals surface area contributed by atoms with Crippen molar-refractivity contribution in [3.8, 4) is 11.1 Å². The number of amides is 2. The van der Waals surface area contributed by atoms with E-state index in [9.17, 15) is 14.4 Å². The Hall–Kier alpha value is -4.14. The van der Waals surface area contributed by atoms with Crippen LogP contribution in [0.2, 0.25) is 0 Å². The van der Waals surface area contributed by atoms with Gasteiger partial charge < -0.3 is 15.2 Å². The molecule has 4 rings (SSSR count). The molecular formula is C24H24N4O5. The molecule has 1 aliphatic rings. The van der Waals surface area contributed by atoms with E-state index >= 15 is 0 Å². The summed E-state index contributed by atoms with van der Waals surface area (Å²) in [5, 5.41) is 18.1. The first-order valence-electron chi connectivity index (χ1n) is 10.5. The first kappa shape index (κ1) is 22.1. The number of fused-ring (bicyclic) bond motifs is 3. The molecule has 0 unspecified atom stereocenters. The van der Waals surface area contributed by atoms with Gasteiger partial charge in [0.05, 0.1) is 12.6 Å². The van der Waals surface area contributed by atoms with Crippen LogP contribution in [0.4, 0.5) is 10.6 Å². The highest BCUT2D eigenvalue weighted by atomic mass is 16.5. The van der Waals surface area contributed by atoms with Gasteiger partial charge in [0.1, 0.15) is 18.0 Å². The molecule has 0 radical (unpaired) electrons. The summed E-state index contributed by atoms with van der Waals surface area (Å²) in [6.07, 6.45) is 0.372. The van der Waals surface area contributed by atoms with Gasteiger partial charge in [-0.1, -0.05) is 48.5 Å². The number of carboxylic acid groups (broad SMARTS) is 1. The minimum absolute atomic E-state index is 0.0886. The molecule has 1 atom stereocenters. The topological polar surface area (TPSA) is 123 Å². The Balaban J connectivity index is 1.44. The highest BCUT2D eigenvalue weighted by molar-refractivity contribution is 6.01. The lowest BCUT2D eigenvalue weighted by molar-refractivity contribution is -0.137. The standard InChI is InChI=1S/C24H24N4O5/c1-14(11-21(29)30)26-23(31)19-12-25-28(2)22(19)27-24(32)33-13-20-17-9-5-3-7-15(17)16-8-4-6-10-18(16)20/h3-10,12,14,20H,11,13H2,1-2H3,(H,26,31)(H,27,32)(H,29,30)/t14-/m0/s1. The summed E-state index contributed by atoms with van der Waals surface area (Å²) in [4.78, 5) is 36.0. The second kappa shape index (κ2) is 9.15. The molecule has 0 bridgehead atoms. The van der Waals surface area contributed by atoms with E-state index in [0.29, 0.717) is 0 Å². The number of carbonyl (C=O) groups is 3. The number of nitrogens with zero attached hydrogens (tertiary/aromatic N) is 2. The fourth-order valence-corrected chi connectivity index (χ4v) is 4.10. The van der Waals surface area contributed by atoms with Crippen molar-refractivity contribution in [2.24, 2.45) is 7.05 Å². The Bertz CT molecular complexity index is 1170. The quantitative estimate of drug-likeness (QED) is 0.509. The second-order valence-corrected chi connectivity index (χ2v) is 7.95. The summed E-state index contributed by atoms with van der Waals surface area (Å²) < 4.78 is 6.88. The van der Waals surface area contributed by atoms with Gasteiger partial charge in [0.15, 0.2) is 0 Å². The van der Waals surface area contributed by atoms with Gasteiger partial charge in [0, 0.05) is 19.0 Å². The number of aliphatic carboxylic acids is 1. The van der Waals surface area contributed by atoms with E-state index in [1.54, 1.807) is 14.0 Å². The van der Waals surface area contributed by atoms with Crippen LogP contribution in [-0.2, 0) is 16.6 Å². The van der Waals surface area contributed by atoms with Gasteiger partial charge in [-0.25, -0.2) is 4.79 Å². The summed E-state index contributed by atoms with van der Waals surface area (Å²) in [5.74, 6) is -1.49. The minimum atomic E-state index is -1.02. The van der Waals surface area contributed by atoms with Crippen LogP contribution in [-0.4, -0.2) is 45.5 Å². The van der Waals surface area contributed by atoms with Gasteiger partial charge in [0.2, 0.25) is 0 Å². The van der Waals surface area contributed by atoms with Crippen LogP contribution in [0.25, 0.3) is 11.1 Å². The van der Waals surface area contributed by atoms with Crippen molar-refractivity contribution < 1.29 is 24.2 Å². The first-order valence-corrected chi connectivity index (χ1v) is 10.5. The molecule has 0 fully saturated rings. The van der Waals surface area contributed by atoms with Crippen LogP contribution < -0.4 is 10.6 Å². The van der Waals surface area contributed by atoms with Crippen LogP contribution in [0.15, 0.2) is 54.7 Å². The maximum Gasteiger partial charge on any atom is 0.412 e. The van der Waals surface area contributed by atoms with Crippen molar-refractivity contribution in [2.75, 3.05) is 11.9 Å². The van der Waals surface area contributed by atoms with Gasteiger partial charge >= 0.3 is 12.1 Å². The maximum atomic E-state index is 12.6. The van der Waals surface area contributed by atoms with E-state index in [4.69, 9.17) is 9.84 Å². The average Bonchev–Trinajstić information content (AvgIpc) is 3.29. The molecule has 2 amide bonds. The van der Waals surface area contributed by atoms with Crippen molar-refractivity contribution in [2.45, 2.75) is 25.3 Å². The third-order valence-corrected chi connectivity index (χ3v) is 5.61. The van der Waals surface area contributed by atoms with Gasteiger partial charge in [-0.15, -0.1) is 0 Å². The van der Waals surface area contributed by atoms with E-state index < -0.39 is 24.0 Å².